The summed E-state index contributed by atoms with van der Waals surface area (Å²) >= 11 is 0. The summed E-state index contributed by atoms with van der Waals surface area (Å²) in [6.07, 6.45) is 1.49. The predicted molar refractivity (Wildman–Crippen MR) is 181 cm³/mol. The minimum atomic E-state index is -3.89. The summed E-state index contributed by atoms with van der Waals surface area (Å²) in [6, 6.07) is 18.2. The van der Waals surface area contributed by atoms with Crippen LogP contribution in [0.5, 0.6) is 5.75 Å². The van der Waals surface area contributed by atoms with Crippen molar-refractivity contribution in [1.29, 1.82) is 0 Å². The van der Waals surface area contributed by atoms with Gasteiger partial charge >= 0.3 is 0 Å². The van der Waals surface area contributed by atoms with E-state index in [2.05, 4.69) is 10.3 Å². The molecule has 49 heavy (non-hydrogen) atoms. The Morgan fingerprint density at radius 2 is 1.73 bits per heavy atom. The molecule has 0 unspecified atom stereocenters. The molecule has 6 aromatic rings. The monoisotopic (exact) mass is 687 g/mol. The van der Waals surface area contributed by atoms with Crippen molar-refractivity contribution in [3.05, 3.63) is 90.0 Å². The van der Waals surface area contributed by atoms with Crippen LogP contribution >= 0.6 is 0 Å². The number of carbonyl (C=O) groups excluding carboxylic acids is 1. The molecule has 2 N–H and O–H groups in total. The molecule has 1 aliphatic rings. The number of sulfonamides is 1. The van der Waals surface area contributed by atoms with E-state index in [0.29, 0.717) is 46.2 Å². The lowest BCUT2D eigenvalue weighted by atomic mass is 9.82. The highest BCUT2D eigenvalue weighted by atomic mass is 32.2. The second-order valence-electron chi connectivity index (χ2n) is 12.1. The van der Waals surface area contributed by atoms with Crippen molar-refractivity contribution in [1.82, 2.24) is 10.3 Å². The Balaban J connectivity index is 1.50. The van der Waals surface area contributed by atoms with Crippen LogP contribution in [0.1, 0.15) is 23.2 Å². The Morgan fingerprint density at radius 1 is 1.00 bits per heavy atom. The molecule has 0 bridgehead atoms. The largest absolute Gasteiger partial charge is 0.496 e. The van der Waals surface area contributed by atoms with E-state index in [4.69, 9.17) is 13.6 Å². The topological polar surface area (TPSA) is 135 Å². The molecule has 1 fully saturated rings. The maximum absolute atomic E-state index is 14.6. The average Bonchev–Trinajstić information content (AvgIpc) is 3.67. The fraction of sp³-hybridized carbons (Fsp3) is 0.222. The fourth-order valence-corrected chi connectivity index (χ4v) is 7.28. The lowest BCUT2D eigenvalue weighted by molar-refractivity contribution is 0.0473. The first-order valence-corrected chi connectivity index (χ1v) is 17.3. The highest BCUT2D eigenvalue weighted by Crippen LogP contribution is 2.44. The number of nitrogens with one attached hydrogen (secondary N) is 1. The number of carbonyl (C=O) groups is 1. The number of amides is 1. The Hall–Kier alpha value is -5.27. The van der Waals surface area contributed by atoms with Crippen LogP contribution in [-0.4, -0.2) is 57.5 Å². The molecule has 0 saturated heterocycles. The van der Waals surface area contributed by atoms with E-state index < -0.39 is 33.7 Å². The van der Waals surface area contributed by atoms with Crippen molar-refractivity contribution in [3.8, 4) is 39.7 Å². The third kappa shape index (κ3) is 5.89. The molecule has 1 aliphatic carbocycles. The van der Waals surface area contributed by atoms with Gasteiger partial charge in [-0.25, -0.2) is 22.2 Å². The molecule has 13 heteroatoms. The minimum Gasteiger partial charge on any atom is -0.496 e. The van der Waals surface area contributed by atoms with Crippen molar-refractivity contribution in [3.63, 3.8) is 0 Å². The highest BCUT2D eigenvalue weighted by molar-refractivity contribution is 7.92. The van der Waals surface area contributed by atoms with Crippen LogP contribution < -0.4 is 14.4 Å². The highest BCUT2D eigenvalue weighted by Gasteiger charge is 2.34. The molecule has 4 aromatic carbocycles. The normalized spacial score (nSPS) is 16.1. The van der Waals surface area contributed by atoms with Gasteiger partial charge in [0.25, 0.3) is 5.91 Å². The molecule has 2 aromatic heterocycles. The van der Waals surface area contributed by atoms with Crippen LogP contribution in [0.4, 0.5) is 14.5 Å². The van der Waals surface area contributed by atoms with Crippen LogP contribution in [0.25, 0.3) is 56.0 Å². The van der Waals surface area contributed by atoms with Gasteiger partial charge in [-0.1, -0.05) is 12.1 Å². The van der Waals surface area contributed by atoms with E-state index in [1.165, 1.54) is 54.9 Å². The van der Waals surface area contributed by atoms with Crippen molar-refractivity contribution in [2.75, 3.05) is 31.3 Å². The Bertz CT molecular complexity index is 2350. The summed E-state index contributed by atoms with van der Waals surface area (Å²) in [5.74, 6) is -0.958. The number of benzene rings is 4. The van der Waals surface area contributed by atoms with Crippen molar-refractivity contribution in [2.24, 2.45) is 5.92 Å². The first kappa shape index (κ1) is 32.3. The molecule has 1 saturated carbocycles. The quantitative estimate of drug-likeness (QED) is 0.170. The molecule has 2 heterocycles. The SMILES string of the molecule is CNC(=O)c1c(-c2ccc(F)cc2)oc2cc(N(CC3CC(O)C3)S(C)(=O)=O)c(-c3ccc(OC)c(-c4nc5c(F)cccc5o4)c3)cc12. The zero-order valence-electron chi connectivity index (χ0n) is 26.7. The molecule has 10 nitrogen and oxygen atoms in total. The first-order chi connectivity index (χ1) is 23.4. The molecular formula is C36H31F2N3O7S. The number of methoxy groups -OCH3 is 1. The first-order valence-electron chi connectivity index (χ1n) is 15.4. The molecule has 1 amide bonds. The Kier molecular flexibility index (Phi) is 8.11. The summed E-state index contributed by atoms with van der Waals surface area (Å²) in [4.78, 5) is 17.8. The number of aliphatic hydroxyl groups is 1. The number of hydrogen-bond acceptors (Lipinski definition) is 8. The number of hydrogen-bond donors (Lipinski definition) is 2. The predicted octanol–water partition coefficient (Wildman–Crippen LogP) is 6.76. The van der Waals surface area contributed by atoms with E-state index >= 15 is 0 Å². The van der Waals surface area contributed by atoms with E-state index in [9.17, 15) is 27.1 Å². The van der Waals surface area contributed by atoms with Crippen LogP contribution in [0.2, 0.25) is 0 Å². The smallest absolute Gasteiger partial charge is 0.255 e. The zero-order chi connectivity index (χ0) is 34.6. The van der Waals surface area contributed by atoms with Crippen LogP contribution in [0, 0.1) is 17.6 Å². The number of aliphatic hydroxyl groups excluding tert-OH is 1. The number of nitrogens with zero attached hydrogens (tertiary/aromatic N) is 2. The number of fused-ring (bicyclic) bond motifs is 2. The van der Waals surface area contributed by atoms with E-state index in [0.717, 1.165) is 6.26 Å². The van der Waals surface area contributed by atoms with Gasteiger partial charge in [0.1, 0.15) is 28.4 Å². The number of furan rings is 1. The van der Waals surface area contributed by atoms with Gasteiger partial charge in [-0.2, -0.15) is 0 Å². The number of rotatable bonds is 9. The van der Waals surface area contributed by atoms with E-state index in [1.807, 2.05) is 0 Å². The molecule has 0 radical (unpaired) electrons. The minimum absolute atomic E-state index is 0.0416. The molecule has 0 aliphatic heterocycles. The number of para-hydroxylation sites is 1. The molecule has 7 rings (SSSR count). The van der Waals surface area contributed by atoms with Gasteiger partial charge in [0.2, 0.25) is 15.9 Å². The van der Waals surface area contributed by atoms with E-state index in [1.54, 1.807) is 36.4 Å². The van der Waals surface area contributed by atoms with Crippen LogP contribution in [0.15, 0.2) is 81.6 Å². The number of anilines is 1. The lowest BCUT2D eigenvalue weighted by Crippen LogP contribution is -2.41. The molecule has 252 valence electrons. The lowest BCUT2D eigenvalue weighted by Gasteiger charge is -2.36. The van der Waals surface area contributed by atoms with Gasteiger partial charge in [-0.15, -0.1) is 0 Å². The molecular weight excluding hydrogens is 656 g/mol. The molecule has 0 spiro atoms. The number of oxazole rings is 1. The van der Waals surface area contributed by atoms with Gasteiger partial charge in [0.15, 0.2) is 11.4 Å². The maximum Gasteiger partial charge on any atom is 0.255 e. The fourth-order valence-electron chi connectivity index (χ4n) is 6.29. The summed E-state index contributed by atoms with van der Waals surface area (Å²) in [5, 5.41) is 13.0. The van der Waals surface area contributed by atoms with Gasteiger partial charge in [0.05, 0.1) is 36.3 Å². The standard InChI is InChI=1S/C36H31F2N3O7S/c1-39-35(43)32-25-16-24(21-9-12-29(46-2)26(15-21)36-40-33-27(38)5-4-6-30(33)48-36)28(41(49(3,44)45)18-19-13-23(42)14-19)17-31(25)47-34(32)20-7-10-22(37)11-8-20/h4-12,15-17,19,23,42H,13-14,18H2,1-3H3,(H,39,43). The third-order valence-electron chi connectivity index (χ3n) is 8.78. The van der Waals surface area contributed by atoms with Crippen LogP contribution in [-0.2, 0) is 10.0 Å². The third-order valence-corrected chi connectivity index (χ3v) is 9.93. The Labute approximate surface area is 280 Å². The van der Waals surface area contributed by atoms with Gasteiger partial charge < -0.3 is 24.0 Å². The maximum atomic E-state index is 14.6. The van der Waals surface area contributed by atoms with Crippen molar-refractivity contribution >= 4 is 43.7 Å². The number of aromatic nitrogens is 1. The Morgan fingerprint density at radius 3 is 2.39 bits per heavy atom. The summed E-state index contributed by atoms with van der Waals surface area (Å²) in [7, 11) is -0.950. The second kappa shape index (κ2) is 12.3. The number of ether oxygens (including phenoxy) is 1. The summed E-state index contributed by atoms with van der Waals surface area (Å²) in [6.45, 7) is 0.0929. The second-order valence-corrected chi connectivity index (χ2v) is 14.0. The van der Waals surface area contributed by atoms with Gasteiger partial charge in [-0.3, -0.25) is 9.10 Å². The summed E-state index contributed by atoms with van der Waals surface area (Å²) in [5.41, 5.74) is 2.68. The van der Waals surface area contributed by atoms with Gasteiger partial charge in [0, 0.05) is 36.2 Å². The van der Waals surface area contributed by atoms with Crippen LogP contribution in [0.3, 0.4) is 0 Å². The van der Waals surface area contributed by atoms with Crippen molar-refractivity contribution in [2.45, 2.75) is 18.9 Å². The van der Waals surface area contributed by atoms with Gasteiger partial charge in [-0.05, 0) is 78.9 Å². The zero-order valence-corrected chi connectivity index (χ0v) is 27.5. The van der Waals surface area contributed by atoms with E-state index in [-0.39, 0.29) is 52.0 Å². The summed E-state index contributed by atoms with van der Waals surface area (Å²) < 4.78 is 74.4. The number of halogens is 2. The average molecular weight is 688 g/mol. The molecule has 0 atom stereocenters. The van der Waals surface area contributed by atoms with Crippen molar-refractivity contribution < 1.29 is 40.7 Å².